The van der Waals surface area contributed by atoms with Crippen molar-refractivity contribution in [1.29, 1.82) is 0 Å². The molecule has 1 saturated carbocycles. The van der Waals surface area contributed by atoms with Crippen LogP contribution in [0, 0.1) is 11.8 Å². The maximum Gasteiger partial charge on any atom is 0.306 e. The Morgan fingerprint density at radius 2 is 2.05 bits per heavy atom. The van der Waals surface area contributed by atoms with Crippen LogP contribution in [0.2, 0.25) is 0 Å². The summed E-state index contributed by atoms with van der Waals surface area (Å²) >= 11 is 0. The molecular formula is C16H17NO2. The number of nitrogens with zero attached hydrogens (tertiary/aromatic N) is 1. The van der Waals surface area contributed by atoms with E-state index in [4.69, 9.17) is 0 Å². The number of para-hydroxylation sites is 1. The van der Waals surface area contributed by atoms with E-state index in [1.165, 1.54) is 0 Å². The average Bonchev–Trinajstić information content (AvgIpc) is 2.87. The van der Waals surface area contributed by atoms with Gasteiger partial charge >= 0.3 is 5.97 Å². The summed E-state index contributed by atoms with van der Waals surface area (Å²) in [6.07, 6.45) is 3.62. The molecule has 1 aromatic heterocycles. The first-order valence-electron chi connectivity index (χ1n) is 6.81. The number of carboxylic acids is 1. The molecule has 1 heterocycles. The van der Waals surface area contributed by atoms with Crippen molar-refractivity contribution in [2.24, 2.45) is 11.8 Å². The lowest BCUT2D eigenvalue weighted by molar-refractivity contribution is -0.142. The molecule has 0 radical (unpaired) electrons. The minimum absolute atomic E-state index is 0.187. The summed E-state index contributed by atoms with van der Waals surface area (Å²) < 4.78 is 0. The van der Waals surface area contributed by atoms with Gasteiger partial charge < -0.3 is 5.11 Å². The molecule has 0 bridgehead atoms. The molecule has 3 heteroatoms. The highest BCUT2D eigenvalue weighted by molar-refractivity contribution is 5.78. The van der Waals surface area contributed by atoms with E-state index < -0.39 is 5.97 Å². The van der Waals surface area contributed by atoms with Crippen molar-refractivity contribution in [2.75, 3.05) is 0 Å². The molecule has 2 aromatic rings. The van der Waals surface area contributed by atoms with Crippen molar-refractivity contribution < 1.29 is 9.90 Å². The third-order valence-corrected chi connectivity index (χ3v) is 4.10. The Morgan fingerprint density at radius 1 is 1.21 bits per heavy atom. The van der Waals surface area contributed by atoms with Crippen molar-refractivity contribution >= 4 is 16.9 Å². The quantitative estimate of drug-likeness (QED) is 0.915. The first kappa shape index (κ1) is 12.2. The Kier molecular flexibility index (Phi) is 3.20. The summed E-state index contributed by atoms with van der Waals surface area (Å²) in [4.78, 5) is 15.8. The van der Waals surface area contributed by atoms with Crippen molar-refractivity contribution in [1.82, 2.24) is 4.98 Å². The Bertz CT molecular complexity index is 608. The predicted octanol–water partition coefficient (Wildman–Crippen LogP) is 3.28. The third-order valence-electron chi connectivity index (χ3n) is 4.10. The van der Waals surface area contributed by atoms with Gasteiger partial charge in [-0.3, -0.25) is 9.78 Å². The zero-order valence-corrected chi connectivity index (χ0v) is 10.7. The molecule has 0 saturated heterocycles. The summed E-state index contributed by atoms with van der Waals surface area (Å²) in [6.45, 7) is 0. The minimum atomic E-state index is -0.650. The van der Waals surface area contributed by atoms with Gasteiger partial charge in [-0.05, 0) is 37.3 Å². The number of aromatic nitrogens is 1. The summed E-state index contributed by atoms with van der Waals surface area (Å²) in [6, 6.07) is 12.1. The Labute approximate surface area is 112 Å². The predicted molar refractivity (Wildman–Crippen MR) is 73.9 cm³/mol. The molecule has 0 aliphatic heterocycles. The Balaban J connectivity index is 1.83. The number of carboxylic acid groups (broad SMARTS) is 1. The van der Waals surface area contributed by atoms with Crippen LogP contribution in [-0.2, 0) is 11.2 Å². The largest absolute Gasteiger partial charge is 0.481 e. The molecule has 1 N–H and O–H groups in total. The molecular weight excluding hydrogens is 238 g/mol. The van der Waals surface area contributed by atoms with Crippen LogP contribution in [0.1, 0.15) is 25.0 Å². The number of fused-ring (bicyclic) bond motifs is 1. The van der Waals surface area contributed by atoms with Gasteiger partial charge in [0, 0.05) is 11.1 Å². The zero-order valence-electron chi connectivity index (χ0n) is 10.7. The van der Waals surface area contributed by atoms with Gasteiger partial charge in [0.05, 0.1) is 11.4 Å². The van der Waals surface area contributed by atoms with Crippen molar-refractivity contribution in [3.05, 3.63) is 42.1 Å². The molecule has 1 aromatic carbocycles. The second kappa shape index (κ2) is 5.00. The van der Waals surface area contributed by atoms with Gasteiger partial charge in [-0.15, -0.1) is 0 Å². The van der Waals surface area contributed by atoms with Gasteiger partial charge in [0.2, 0.25) is 0 Å². The monoisotopic (exact) mass is 255 g/mol. The summed E-state index contributed by atoms with van der Waals surface area (Å²) in [7, 11) is 0. The summed E-state index contributed by atoms with van der Waals surface area (Å²) in [5.74, 6) is -0.595. The molecule has 19 heavy (non-hydrogen) atoms. The van der Waals surface area contributed by atoms with Gasteiger partial charge in [0.25, 0.3) is 0 Å². The second-order valence-electron chi connectivity index (χ2n) is 5.34. The van der Waals surface area contributed by atoms with Crippen LogP contribution in [0.5, 0.6) is 0 Å². The second-order valence-corrected chi connectivity index (χ2v) is 5.34. The lowest BCUT2D eigenvalue weighted by Gasteiger charge is -2.15. The zero-order chi connectivity index (χ0) is 13.2. The molecule has 1 aliphatic carbocycles. The molecule has 1 aliphatic rings. The van der Waals surface area contributed by atoms with E-state index in [0.29, 0.717) is 0 Å². The lowest BCUT2D eigenvalue weighted by atomic mass is 9.91. The smallest absolute Gasteiger partial charge is 0.306 e. The number of pyridine rings is 1. The highest BCUT2D eigenvalue weighted by Gasteiger charge is 2.32. The molecule has 0 amide bonds. The van der Waals surface area contributed by atoms with Crippen molar-refractivity contribution in [3.8, 4) is 0 Å². The van der Waals surface area contributed by atoms with Crippen molar-refractivity contribution in [3.63, 3.8) is 0 Å². The molecule has 3 rings (SSSR count). The first-order chi connectivity index (χ1) is 9.24. The fourth-order valence-electron chi connectivity index (χ4n) is 3.10. The fraction of sp³-hybridized carbons (Fsp3) is 0.375. The maximum absolute atomic E-state index is 11.2. The van der Waals surface area contributed by atoms with E-state index in [2.05, 4.69) is 11.1 Å². The fourth-order valence-corrected chi connectivity index (χ4v) is 3.10. The Morgan fingerprint density at radius 3 is 2.89 bits per heavy atom. The van der Waals surface area contributed by atoms with Gasteiger partial charge in [-0.2, -0.15) is 0 Å². The van der Waals surface area contributed by atoms with Gasteiger partial charge in [0.15, 0.2) is 0 Å². The van der Waals surface area contributed by atoms with Crippen LogP contribution >= 0.6 is 0 Å². The molecule has 98 valence electrons. The van der Waals surface area contributed by atoms with E-state index in [0.717, 1.165) is 42.3 Å². The lowest BCUT2D eigenvalue weighted by Crippen LogP contribution is -2.20. The van der Waals surface area contributed by atoms with Crippen LogP contribution in [0.25, 0.3) is 10.9 Å². The first-order valence-corrected chi connectivity index (χ1v) is 6.81. The van der Waals surface area contributed by atoms with Gasteiger partial charge in [0.1, 0.15) is 0 Å². The Hall–Kier alpha value is -1.90. The number of rotatable bonds is 3. The van der Waals surface area contributed by atoms with Crippen LogP contribution in [0.15, 0.2) is 36.4 Å². The molecule has 0 spiro atoms. The van der Waals surface area contributed by atoms with Crippen LogP contribution in [0.3, 0.4) is 0 Å². The standard InChI is InChI=1S/C16H17NO2/c18-16(19)14-6-3-5-12(14)10-13-9-8-11-4-1-2-7-15(11)17-13/h1-2,4,7-9,12,14H,3,5-6,10H2,(H,18,19). The minimum Gasteiger partial charge on any atom is -0.481 e. The SMILES string of the molecule is O=C(O)C1CCCC1Cc1ccc2ccccc2n1. The molecule has 2 unspecified atom stereocenters. The number of hydrogen-bond donors (Lipinski definition) is 1. The average molecular weight is 255 g/mol. The summed E-state index contributed by atoms with van der Waals surface area (Å²) in [5.41, 5.74) is 2.00. The van der Waals surface area contributed by atoms with E-state index in [1.807, 2.05) is 30.3 Å². The van der Waals surface area contributed by atoms with E-state index in [9.17, 15) is 9.90 Å². The van der Waals surface area contributed by atoms with Crippen molar-refractivity contribution in [2.45, 2.75) is 25.7 Å². The van der Waals surface area contributed by atoms with Crippen LogP contribution < -0.4 is 0 Å². The third kappa shape index (κ3) is 2.46. The van der Waals surface area contributed by atoms with E-state index in [1.54, 1.807) is 0 Å². The van der Waals surface area contributed by atoms with Crippen LogP contribution in [-0.4, -0.2) is 16.1 Å². The molecule has 1 fully saturated rings. The number of hydrogen-bond acceptors (Lipinski definition) is 2. The van der Waals surface area contributed by atoms with Gasteiger partial charge in [-0.1, -0.05) is 30.7 Å². The number of aliphatic carboxylic acids is 1. The molecule has 3 nitrogen and oxygen atoms in total. The molecule has 2 atom stereocenters. The van der Waals surface area contributed by atoms with E-state index in [-0.39, 0.29) is 11.8 Å². The van der Waals surface area contributed by atoms with E-state index >= 15 is 0 Å². The number of carbonyl (C=O) groups is 1. The highest BCUT2D eigenvalue weighted by Crippen LogP contribution is 2.34. The van der Waals surface area contributed by atoms with Crippen LogP contribution in [0.4, 0.5) is 0 Å². The summed E-state index contributed by atoms with van der Waals surface area (Å²) in [5, 5.41) is 10.3. The topological polar surface area (TPSA) is 50.2 Å². The van der Waals surface area contributed by atoms with Gasteiger partial charge in [-0.25, -0.2) is 0 Å². The number of benzene rings is 1. The maximum atomic E-state index is 11.2. The normalized spacial score (nSPS) is 22.7. The highest BCUT2D eigenvalue weighted by atomic mass is 16.4.